The molecule has 16 heavy (non-hydrogen) atoms. The Bertz CT molecular complexity index is 322. The number of amides is 1. The van der Waals surface area contributed by atoms with Crippen molar-refractivity contribution in [1.29, 1.82) is 5.26 Å². The van der Waals surface area contributed by atoms with Crippen molar-refractivity contribution >= 4 is 5.91 Å². The second kappa shape index (κ2) is 4.40. The van der Waals surface area contributed by atoms with Gasteiger partial charge >= 0.3 is 0 Å². The Balaban J connectivity index is 2.68. The number of nitrogens with zero attached hydrogens (tertiary/aromatic N) is 1. The Hall–Kier alpha value is -1.12. The minimum absolute atomic E-state index is 0.00678. The quantitative estimate of drug-likeness (QED) is 0.667. The fourth-order valence-corrected chi connectivity index (χ4v) is 2.10. The molecule has 0 bridgehead atoms. The Labute approximate surface area is 95.9 Å². The maximum absolute atomic E-state index is 11.8. The number of nitrogens with two attached hydrogens (primary N) is 1. The van der Waals surface area contributed by atoms with Crippen molar-refractivity contribution in [1.82, 2.24) is 5.32 Å². The molecule has 0 aromatic heterocycles. The van der Waals surface area contributed by atoms with Gasteiger partial charge in [0.2, 0.25) is 5.91 Å². The number of nitrogens with one attached hydrogen (secondary N) is 1. The molecule has 0 spiro atoms. The summed E-state index contributed by atoms with van der Waals surface area (Å²) < 4.78 is 5.52. The van der Waals surface area contributed by atoms with Gasteiger partial charge in [0.1, 0.15) is 12.1 Å². The lowest BCUT2D eigenvalue weighted by Gasteiger charge is -2.57. The lowest BCUT2D eigenvalue weighted by atomic mass is 9.54. The highest BCUT2D eigenvalue weighted by atomic mass is 16.5. The summed E-state index contributed by atoms with van der Waals surface area (Å²) in [5, 5.41) is 10.9. The molecule has 2 unspecified atom stereocenters. The molecule has 0 radical (unpaired) electrons. The van der Waals surface area contributed by atoms with Crippen LogP contribution < -0.4 is 11.1 Å². The van der Waals surface area contributed by atoms with E-state index in [0.29, 0.717) is 13.0 Å². The molecular formula is C11H19N3O2. The van der Waals surface area contributed by atoms with E-state index in [1.807, 2.05) is 26.8 Å². The molecule has 1 saturated carbocycles. The summed E-state index contributed by atoms with van der Waals surface area (Å²) in [6.07, 6.45) is 0.515. The summed E-state index contributed by atoms with van der Waals surface area (Å²) in [5.74, 6) is -0.269. The van der Waals surface area contributed by atoms with Gasteiger partial charge in [-0.1, -0.05) is 13.8 Å². The summed E-state index contributed by atoms with van der Waals surface area (Å²) in [6.45, 7) is 6.37. The molecule has 3 N–H and O–H groups in total. The lowest BCUT2D eigenvalue weighted by Crippen LogP contribution is -2.75. The minimum Gasteiger partial charge on any atom is -0.378 e. The predicted octanol–water partition coefficient (Wildman–Crippen LogP) is 0.159. The third-order valence-electron chi connectivity index (χ3n) is 3.56. The Morgan fingerprint density at radius 1 is 1.69 bits per heavy atom. The van der Waals surface area contributed by atoms with Gasteiger partial charge in [-0.15, -0.1) is 0 Å². The molecule has 5 nitrogen and oxygen atoms in total. The molecule has 0 saturated heterocycles. The van der Waals surface area contributed by atoms with Gasteiger partial charge in [-0.3, -0.25) is 4.79 Å². The van der Waals surface area contributed by atoms with E-state index in [2.05, 4.69) is 5.32 Å². The maximum atomic E-state index is 11.8. The van der Waals surface area contributed by atoms with Gasteiger partial charge < -0.3 is 15.8 Å². The zero-order valence-electron chi connectivity index (χ0n) is 10.0. The van der Waals surface area contributed by atoms with E-state index >= 15 is 0 Å². The van der Waals surface area contributed by atoms with Crippen LogP contribution in [0.15, 0.2) is 0 Å². The van der Waals surface area contributed by atoms with Crippen LogP contribution in [0.5, 0.6) is 0 Å². The number of rotatable bonds is 4. The Morgan fingerprint density at radius 3 is 2.75 bits per heavy atom. The molecule has 5 heteroatoms. The first-order valence-electron chi connectivity index (χ1n) is 5.46. The molecule has 1 aliphatic rings. The van der Waals surface area contributed by atoms with E-state index in [1.165, 1.54) is 0 Å². The van der Waals surface area contributed by atoms with Crippen LogP contribution in [0.25, 0.3) is 0 Å². The molecule has 0 aromatic carbocycles. The molecule has 0 aromatic rings. The minimum atomic E-state index is -0.927. The summed E-state index contributed by atoms with van der Waals surface area (Å²) in [5.41, 5.74) is 4.76. The summed E-state index contributed by atoms with van der Waals surface area (Å²) in [7, 11) is 0. The third-order valence-corrected chi connectivity index (χ3v) is 3.56. The second-order valence-corrected chi connectivity index (χ2v) is 4.68. The number of hydrogen-bond acceptors (Lipinski definition) is 4. The van der Waals surface area contributed by atoms with E-state index < -0.39 is 11.0 Å². The SMILES string of the molecule is CCOC1CC(N)(C(=O)NCC#N)C1(C)C. The summed E-state index contributed by atoms with van der Waals surface area (Å²) in [6, 6.07) is 1.86. The van der Waals surface area contributed by atoms with Gasteiger partial charge in [-0.2, -0.15) is 5.26 Å². The average Bonchev–Trinajstić information content (AvgIpc) is 2.25. The Kier molecular flexibility index (Phi) is 3.56. The molecule has 0 aliphatic heterocycles. The fourth-order valence-electron chi connectivity index (χ4n) is 2.10. The molecule has 1 amide bonds. The average molecular weight is 225 g/mol. The first-order valence-corrected chi connectivity index (χ1v) is 5.46. The molecule has 1 rings (SSSR count). The van der Waals surface area contributed by atoms with Crippen LogP contribution >= 0.6 is 0 Å². The lowest BCUT2D eigenvalue weighted by molar-refractivity contribution is -0.170. The first kappa shape index (κ1) is 12.9. The highest BCUT2D eigenvalue weighted by Crippen LogP contribution is 2.49. The van der Waals surface area contributed by atoms with Crippen molar-refractivity contribution in [2.24, 2.45) is 11.1 Å². The fraction of sp³-hybridized carbons (Fsp3) is 0.818. The van der Waals surface area contributed by atoms with Crippen LogP contribution in [0, 0.1) is 16.7 Å². The normalized spacial score (nSPS) is 31.3. The number of ether oxygens (including phenoxy) is 1. The van der Waals surface area contributed by atoms with Gasteiger partial charge in [0.15, 0.2) is 0 Å². The summed E-state index contributed by atoms with van der Waals surface area (Å²) >= 11 is 0. The van der Waals surface area contributed by atoms with Crippen molar-refractivity contribution in [2.45, 2.75) is 38.8 Å². The van der Waals surface area contributed by atoms with E-state index in [4.69, 9.17) is 15.7 Å². The Morgan fingerprint density at radius 2 is 2.31 bits per heavy atom. The molecule has 1 fully saturated rings. The zero-order valence-corrected chi connectivity index (χ0v) is 10.0. The van der Waals surface area contributed by atoms with E-state index in [1.54, 1.807) is 0 Å². The van der Waals surface area contributed by atoms with Gasteiger partial charge in [-0.05, 0) is 6.92 Å². The van der Waals surface area contributed by atoms with E-state index in [0.717, 1.165) is 0 Å². The van der Waals surface area contributed by atoms with Crippen molar-refractivity contribution in [3.05, 3.63) is 0 Å². The van der Waals surface area contributed by atoms with Gasteiger partial charge in [-0.25, -0.2) is 0 Å². The smallest absolute Gasteiger partial charge is 0.241 e. The first-order chi connectivity index (χ1) is 7.40. The number of carbonyl (C=O) groups excluding carboxylic acids is 1. The van der Waals surface area contributed by atoms with Gasteiger partial charge in [0.25, 0.3) is 0 Å². The number of nitriles is 1. The molecule has 90 valence electrons. The monoisotopic (exact) mass is 225 g/mol. The third kappa shape index (κ3) is 1.79. The van der Waals surface area contributed by atoms with Crippen LogP contribution in [0.2, 0.25) is 0 Å². The van der Waals surface area contributed by atoms with E-state index in [9.17, 15) is 4.79 Å². The van der Waals surface area contributed by atoms with E-state index in [-0.39, 0.29) is 18.6 Å². The predicted molar refractivity (Wildman–Crippen MR) is 59.4 cm³/mol. The summed E-state index contributed by atoms with van der Waals surface area (Å²) in [4.78, 5) is 11.8. The van der Waals surface area contributed by atoms with Crippen molar-refractivity contribution in [3.63, 3.8) is 0 Å². The topological polar surface area (TPSA) is 88.1 Å². The highest BCUT2D eigenvalue weighted by molar-refractivity contribution is 5.88. The second-order valence-electron chi connectivity index (χ2n) is 4.68. The van der Waals surface area contributed by atoms with Crippen molar-refractivity contribution in [2.75, 3.05) is 13.2 Å². The molecule has 0 heterocycles. The van der Waals surface area contributed by atoms with Crippen LogP contribution in [-0.2, 0) is 9.53 Å². The zero-order chi connectivity index (χ0) is 12.4. The largest absolute Gasteiger partial charge is 0.378 e. The number of carbonyl (C=O) groups is 1. The standard InChI is InChI=1S/C11H19N3O2/c1-4-16-8-7-11(13,10(8,2)3)9(15)14-6-5-12/h8H,4,6-7,13H2,1-3H3,(H,14,15). The molecule has 2 atom stereocenters. The van der Waals surface area contributed by atoms with Crippen LogP contribution in [0.1, 0.15) is 27.2 Å². The van der Waals surface area contributed by atoms with Gasteiger partial charge in [0, 0.05) is 18.4 Å². The van der Waals surface area contributed by atoms with Gasteiger partial charge in [0.05, 0.1) is 12.2 Å². The number of hydrogen-bond donors (Lipinski definition) is 2. The van der Waals surface area contributed by atoms with Crippen molar-refractivity contribution < 1.29 is 9.53 Å². The van der Waals surface area contributed by atoms with Crippen LogP contribution in [0.4, 0.5) is 0 Å². The van der Waals surface area contributed by atoms with Crippen molar-refractivity contribution in [3.8, 4) is 6.07 Å². The molecular weight excluding hydrogens is 206 g/mol. The molecule has 1 aliphatic carbocycles. The highest BCUT2D eigenvalue weighted by Gasteiger charge is 2.62. The van der Waals surface area contributed by atoms with Crippen LogP contribution in [0.3, 0.4) is 0 Å². The van der Waals surface area contributed by atoms with Crippen LogP contribution in [-0.4, -0.2) is 30.7 Å². The maximum Gasteiger partial charge on any atom is 0.241 e.